The van der Waals surface area contributed by atoms with Gasteiger partial charge in [-0.25, -0.2) is 9.36 Å². The van der Waals surface area contributed by atoms with Crippen LogP contribution in [0.4, 0.5) is 0 Å². The van der Waals surface area contributed by atoms with Crippen LogP contribution in [0.3, 0.4) is 0 Å². The highest BCUT2D eigenvalue weighted by molar-refractivity contribution is 7.17. The molecule has 15 heteroatoms. The maximum absolute atomic E-state index is 11.5. The molecule has 0 spiro atoms. The molecule has 5 aromatic heterocycles. The van der Waals surface area contributed by atoms with E-state index in [1.165, 1.54) is 11.3 Å². The number of halogens is 4. The summed E-state index contributed by atoms with van der Waals surface area (Å²) >= 11 is 25.8. The average molecular weight is 825 g/mol. The van der Waals surface area contributed by atoms with Gasteiger partial charge in [0.1, 0.15) is 0 Å². The fraction of sp³-hybridized carbons (Fsp3) is 0. The summed E-state index contributed by atoms with van der Waals surface area (Å²) in [6, 6.07) is 32.7. The number of carbonyl (C=O) groups excluding carboxylic acids is 2. The molecular formula is C40H26Cl4N8O2S. The lowest BCUT2D eigenvalue weighted by Crippen LogP contribution is -2.10. The van der Waals surface area contributed by atoms with Crippen molar-refractivity contribution in [3.05, 3.63) is 165 Å². The van der Waals surface area contributed by atoms with Gasteiger partial charge in [0.05, 0.1) is 64.0 Å². The molecule has 0 bridgehead atoms. The average Bonchev–Trinajstić information content (AvgIpc) is 3.98. The van der Waals surface area contributed by atoms with E-state index in [1.54, 1.807) is 76.6 Å². The standard InChI is InChI=1S/C21H14Cl2N4O.C19H12Cl2N4OS/c22-17-8-7-16(10-18(17)23)27-20(13-3-5-14(6-4-13)21(24)28)11-19(26-27)15-2-1-9-25-12-15;20-13-4-3-12(8-14(13)21)25-16(17-5-6-18(27-17)19(22)26)9-15(24-25)11-2-1-7-23-10-11/h1-12H,(H2,24,28);1-10H,(H2,22,26). The zero-order chi connectivity index (χ0) is 38.6. The van der Waals surface area contributed by atoms with Crippen LogP contribution >= 0.6 is 57.7 Å². The summed E-state index contributed by atoms with van der Waals surface area (Å²) in [5.74, 6) is -0.931. The molecule has 0 saturated carbocycles. The third kappa shape index (κ3) is 8.31. The maximum Gasteiger partial charge on any atom is 0.258 e. The van der Waals surface area contributed by atoms with Crippen LogP contribution < -0.4 is 11.5 Å². The van der Waals surface area contributed by atoms with Gasteiger partial charge < -0.3 is 11.5 Å². The van der Waals surface area contributed by atoms with E-state index < -0.39 is 11.8 Å². The first-order chi connectivity index (χ1) is 26.5. The third-order valence-electron chi connectivity index (χ3n) is 8.20. The molecule has 0 fully saturated rings. The Morgan fingerprint density at radius 3 is 1.53 bits per heavy atom. The van der Waals surface area contributed by atoms with Crippen LogP contribution in [-0.2, 0) is 0 Å². The second-order valence-electron chi connectivity index (χ2n) is 11.8. The Kier molecular flexibility index (Phi) is 11.1. The lowest BCUT2D eigenvalue weighted by atomic mass is 10.1. The van der Waals surface area contributed by atoms with Crippen molar-refractivity contribution in [3.63, 3.8) is 0 Å². The molecule has 5 heterocycles. The second kappa shape index (κ2) is 16.3. The van der Waals surface area contributed by atoms with Crippen LogP contribution in [-0.4, -0.2) is 41.3 Å². The number of carbonyl (C=O) groups is 2. The number of primary amides is 2. The van der Waals surface area contributed by atoms with Crippen molar-refractivity contribution in [2.45, 2.75) is 0 Å². The van der Waals surface area contributed by atoms with Crippen LogP contribution in [0.2, 0.25) is 20.1 Å². The highest BCUT2D eigenvalue weighted by atomic mass is 35.5. The van der Waals surface area contributed by atoms with Crippen molar-refractivity contribution in [1.29, 1.82) is 0 Å². The van der Waals surface area contributed by atoms with Crippen molar-refractivity contribution in [2.75, 3.05) is 0 Å². The van der Waals surface area contributed by atoms with Gasteiger partial charge in [0.2, 0.25) is 5.91 Å². The molecule has 10 nitrogen and oxygen atoms in total. The highest BCUT2D eigenvalue weighted by Crippen LogP contribution is 2.35. The first-order valence-electron chi connectivity index (χ1n) is 16.3. The van der Waals surface area contributed by atoms with Crippen LogP contribution in [0.15, 0.2) is 134 Å². The Bertz CT molecular complexity index is 2660. The molecule has 8 rings (SSSR count). The molecule has 0 aliphatic carbocycles. The Morgan fingerprint density at radius 2 is 1.07 bits per heavy atom. The number of hydrogen-bond acceptors (Lipinski definition) is 7. The van der Waals surface area contributed by atoms with Crippen molar-refractivity contribution in [1.82, 2.24) is 29.5 Å². The van der Waals surface area contributed by atoms with Gasteiger partial charge in [-0.3, -0.25) is 19.6 Å². The van der Waals surface area contributed by atoms with E-state index in [2.05, 4.69) is 9.97 Å². The predicted molar refractivity (Wildman–Crippen MR) is 219 cm³/mol. The molecule has 0 radical (unpaired) electrons. The molecule has 55 heavy (non-hydrogen) atoms. The number of aromatic nitrogens is 6. The fourth-order valence-electron chi connectivity index (χ4n) is 5.49. The van der Waals surface area contributed by atoms with E-state index in [9.17, 15) is 9.59 Å². The minimum absolute atomic E-state index is 0.433. The number of amides is 2. The summed E-state index contributed by atoms with van der Waals surface area (Å²) in [6.45, 7) is 0. The molecule has 0 saturated heterocycles. The summed E-state index contributed by atoms with van der Waals surface area (Å²) < 4.78 is 3.55. The molecule has 272 valence electrons. The number of benzene rings is 3. The quantitative estimate of drug-likeness (QED) is 0.156. The molecule has 4 N–H and O–H groups in total. The zero-order valence-corrected chi connectivity index (χ0v) is 32.1. The Morgan fingerprint density at radius 1 is 0.545 bits per heavy atom. The summed E-state index contributed by atoms with van der Waals surface area (Å²) in [7, 11) is 0. The minimum Gasteiger partial charge on any atom is -0.366 e. The first-order valence-corrected chi connectivity index (χ1v) is 18.6. The molecular weight excluding hydrogens is 798 g/mol. The molecule has 8 aromatic rings. The molecule has 0 atom stereocenters. The SMILES string of the molecule is NC(=O)c1ccc(-c2cc(-c3cccnc3)nn2-c2ccc(Cl)c(Cl)c2)cc1.NC(=O)c1ccc(-c2cc(-c3cccnc3)nn2-c2ccc(Cl)c(Cl)c2)s1. The Labute approximate surface area is 338 Å². The van der Waals surface area contributed by atoms with Crippen molar-refractivity contribution in [2.24, 2.45) is 11.5 Å². The van der Waals surface area contributed by atoms with Crippen LogP contribution in [0.25, 0.3) is 55.7 Å². The number of hydrogen-bond donors (Lipinski definition) is 2. The largest absolute Gasteiger partial charge is 0.366 e. The second-order valence-corrected chi connectivity index (χ2v) is 14.5. The fourth-order valence-corrected chi connectivity index (χ4v) is 6.94. The summed E-state index contributed by atoms with van der Waals surface area (Å²) in [4.78, 5) is 32.5. The summed E-state index contributed by atoms with van der Waals surface area (Å²) in [6.07, 6.45) is 6.91. The monoisotopic (exact) mass is 822 g/mol. The van der Waals surface area contributed by atoms with E-state index in [4.69, 9.17) is 68.1 Å². The minimum atomic E-state index is -0.472. The van der Waals surface area contributed by atoms with E-state index in [-0.39, 0.29) is 0 Å². The Hall–Kier alpha value is -5.82. The number of nitrogens with zero attached hydrogens (tertiary/aromatic N) is 6. The van der Waals surface area contributed by atoms with Gasteiger partial charge in [-0.2, -0.15) is 10.2 Å². The van der Waals surface area contributed by atoms with Crippen molar-refractivity contribution < 1.29 is 9.59 Å². The summed E-state index contributed by atoms with van der Waals surface area (Å²) in [5.41, 5.74) is 18.5. The molecule has 0 aliphatic rings. The van der Waals surface area contributed by atoms with Gasteiger partial charge in [0.15, 0.2) is 0 Å². The number of rotatable bonds is 8. The van der Waals surface area contributed by atoms with Crippen LogP contribution in [0.5, 0.6) is 0 Å². The van der Waals surface area contributed by atoms with Gasteiger partial charge >= 0.3 is 0 Å². The van der Waals surface area contributed by atoms with Crippen LogP contribution in [0, 0.1) is 0 Å². The molecule has 0 unspecified atom stereocenters. The van der Waals surface area contributed by atoms with E-state index >= 15 is 0 Å². The van der Waals surface area contributed by atoms with Gasteiger partial charge in [-0.15, -0.1) is 11.3 Å². The lowest BCUT2D eigenvalue weighted by molar-refractivity contribution is 0.0993. The Balaban J connectivity index is 0.000000169. The lowest BCUT2D eigenvalue weighted by Gasteiger charge is -2.09. The third-order valence-corrected chi connectivity index (χ3v) is 10.8. The number of nitrogens with two attached hydrogens (primary N) is 2. The molecule has 2 amide bonds. The van der Waals surface area contributed by atoms with E-state index in [0.717, 1.165) is 55.7 Å². The normalized spacial score (nSPS) is 10.8. The van der Waals surface area contributed by atoms with Crippen molar-refractivity contribution >= 4 is 69.6 Å². The van der Waals surface area contributed by atoms with Gasteiger partial charge in [-0.1, -0.05) is 58.5 Å². The van der Waals surface area contributed by atoms with Crippen molar-refractivity contribution in [3.8, 4) is 55.7 Å². The predicted octanol–water partition coefficient (Wildman–Crippen LogP) is 10.1. The molecule has 0 aliphatic heterocycles. The van der Waals surface area contributed by atoms with E-state index in [0.29, 0.717) is 30.5 Å². The highest BCUT2D eigenvalue weighted by Gasteiger charge is 2.18. The van der Waals surface area contributed by atoms with E-state index in [1.807, 2.05) is 66.7 Å². The summed E-state index contributed by atoms with van der Waals surface area (Å²) in [5, 5.41) is 11.3. The topological polar surface area (TPSA) is 148 Å². The van der Waals surface area contributed by atoms with Gasteiger partial charge in [0, 0.05) is 47.0 Å². The van der Waals surface area contributed by atoms with Gasteiger partial charge in [0.25, 0.3) is 5.91 Å². The van der Waals surface area contributed by atoms with Crippen LogP contribution in [0.1, 0.15) is 20.0 Å². The maximum atomic E-state index is 11.5. The van der Waals surface area contributed by atoms with Gasteiger partial charge in [-0.05, 0) is 97.1 Å². The first kappa shape index (κ1) is 37.5. The number of pyridine rings is 2. The molecule has 3 aromatic carbocycles. The smallest absolute Gasteiger partial charge is 0.258 e. The zero-order valence-electron chi connectivity index (χ0n) is 28.3. The number of thiophene rings is 1.